The summed E-state index contributed by atoms with van der Waals surface area (Å²) in [6, 6.07) is 2.29. The molecule has 0 bridgehead atoms. The summed E-state index contributed by atoms with van der Waals surface area (Å²) >= 11 is 0. The first-order valence-corrected chi connectivity index (χ1v) is 7.81. The first-order chi connectivity index (χ1) is 11.9. The fraction of sp³-hybridized carbons (Fsp3) is 0.471. The predicted molar refractivity (Wildman–Crippen MR) is 88.8 cm³/mol. The molecule has 2 rings (SSSR count). The van der Waals surface area contributed by atoms with E-state index in [1.807, 2.05) is 6.92 Å². The van der Waals surface area contributed by atoms with Gasteiger partial charge in [0, 0.05) is 24.2 Å². The Kier molecular flexibility index (Phi) is 5.84. The topological polar surface area (TPSA) is 94.2 Å². The van der Waals surface area contributed by atoms with Crippen LogP contribution in [0.3, 0.4) is 0 Å². The van der Waals surface area contributed by atoms with Crippen LogP contribution in [0, 0.1) is 6.92 Å². The molecule has 1 aliphatic heterocycles. The molecule has 2 amide bonds. The van der Waals surface area contributed by atoms with Gasteiger partial charge in [0.15, 0.2) is 0 Å². The summed E-state index contributed by atoms with van der Waals surface area (Å²) in [5, 5.41) is 2.66. The SMILES string of the molecule is COC(=O)CC1C(=O)NCCN1C(=O)c1cc(OC)c(C)c(OC)c1. The van der Waals surface area contributed by atoms with Gasteiger partial charge < -0.3 is 24.4 Å². The Morgan fingerprint density at radius 3 is 2.32 bits per heavy atom. The number of amides is 2. The fourth-order valence-corrected chi connectivity index (χ4v) is 2.78. The van der Waals surface area contributed by atoms with Crippen molar-refractivity contribution in [2.24, 2.45) is 0 Å². The van der Waals surface area contributed by atoms with E-state index >= 15 is 0 Å². The molecule has 8 heteroatoms. The van der Waals surface area contributed by atoms with Crippen molar-refractivity contribution in [3.8, 4) is 11.5 Å². The van der Waals surface area contributed by atoms with Crippen molar-refractivity contribution in [2.45, 2.75) is 19.4 Å². The maximum Gasteiger partial charge on any atom is 0.308 e. The van der Waals surface area contributed by atoms with Crippen LogP contribution in [0.5, 0.6) is 11.5 Å². The molecule has 1 unspecified atom stereocenters. The second kappa shape index (κ2) is 7.87. The number of nitrogens with zero attached hydrogens (tertiary/aromatic N) is 1. The zero-order valence-electron chi connectivity index (χ0n) is 14.8. The molecule has 25 heavy (non-hydrogen) atoms. The molecule has 0 aromatic heterocycles. The number of hydrogen-bond donors (Lipinski definition) is 1. The van der Waals surface area contributed by atoms with Crippen LogP contribution in [-0.4, -0.2) is 63.1 Å². The first kappa shape index (κ1) is 18.6. The van der Waals surface area contributed by atoms with Gasteiger partial charge in [0.05, 0.1) is 27.8 Å². The molecule has 8 nitrogen and oxygen atoms in total. The number of piperazine rings is 1. The van der Waals surface area contributed by atoms with Crippen molar-refractivity contribution < 1.29 is 28.6 Å². The first-order valence-electron chi connectivity index (χ1n) is 7.81. The Labute approximate surface area is 146 Å². The standard InChI is InChI=1S/C17H22N2O6/c1-10-13(23-2)7-11(8-14(10)24-3)17(22)19-6-5-18-16(21)12(19)9-15(20)25-4/h7-8,12H,5-6,9H2,1-4H3,(H,18,21). The molecule has 1 atom stereocenters. The molecule has 1 N–H and O–H groups in total. The largest absolute Gasteiger partial charge is 0.496 e. The minimum Gasteiger partial charge on any atom is -0.496 e. The number of benzene rings is 1. The molecule has 1 saturated heterocycles. The number of carbonyl (C=O) groups is 3. The molecule has 0 saturated carbocycles. The molecule has 0 aliphatic carbocycles. The number of ether oxygens (including phenoxy) is 3. The minimum absolute atomic E-state index is 0.200. The number of esters is 1. The zero-order chi connectivity index (χ0) is 18.6. The predicted octanol–water partition coefficient (Wildman–Crippen LogP) is 0.516. The van der Waals surface area contributed by atoms with Gasteiger partial charge in [0.25, 0.3) is 5.91 Å². The van der Waals surface area contributed by atoms with Crippen molar-refractivity contribution in [1.29, 1.82) is 0 Å². The Morgan fingerprint density at radius 2 is 1.80 bits per heavy atom. The number of rotatable bonds is 5. The highest BCUT2D eigenvalue weighted by atomic mass is 16.5. The Balaban J connectivity index is 2.36. The molecular formula is C17H22N2O6. The van der Waals surface area contributed by atoms with Crippen LogP contribution in [0.25, 0.3) is 0 Å². The van der Waals surface area contributed by atoms with Gasteiger partial charge in [-0.1, -0.05) is 0 Å². The Bertz CT molecular complexity index is 663. The van der Waals surface area contributed by atoms with Gasteiger partial charge in [0.2, 0.25) is 5.91 Å². The quantitative estimate of drug-likeness (QED) is 0.778. The summed E-state index contributed by atoms with van der Waals surface area (Å²) in [4.78, 5) is 38.1. The normalized spacial score (nSPS) is 16.9. The number of methoxy groups -OCH3 is 3. The maximum absolute atomic E-state index is 13.0. The average Bonchev–Trinajstić information content (AvgIpc) is 2.62. The molecule has 136 valence electrons. The van der Waals surface area contributed by atoms with Crippen molar-refractivity contribution in [3.05, 3.63) is 23.3 Å². The second-order valence-corrected chi connectivity index (χ2v) is 5.59. The summed E-state index contributed by atoms with van der Waals surface area (Å²) in [6.45, 7) is 2.44. The van der Waals surface area contributed by atoms with E-state index in [-0.39, 0.29) is 18.2 Å². The molecule has 1 heterocycles. The summed E-state index contributed by atoms with van der Waals surface area (Å²) in [7, 11) is 4.25. The monoisotopic (exact) mass is 350 g/mol. The van der Waals surface area contributed by atoms with Crippen molar-refractivity contribution in [1.82, 2.24) is 10.2 Å². The van der Waals surface area contributed by atoms with Crippen LogP contribution < -0.4 is 14.8 Å². The van der Waals surface area contributed by atoms with Crippen LogP contribution in [0.4, 0.5) is 0 Å². The summed E-state index contributed by atoms with van der Waals surface area (Å²) in [5.41, 5.74) is 1.09. The number of nitrogens with one attached hydrogen (secondary N) is 1. The number of hydrogen-bond acceptors (Lipinski definition) is 6. The van der Waals surface area contributed by atoms with E-state index in [0.29, 0.717) is 30.2 Å². The number of carbonyl (C=O) groups excluding carboxylic acids is 3. The highest BCUT2D eigenvalue weighted by molar-refractivity contribution is 6.00. The average molecular weight is 350 g/mol. The Morgan fingerprint density at radius 1 is 1.20 bits per heavy atom. The van der Waals surface area contributed by atoms with Gasteiger partial charge in [0.1, 0.15) is 17.5 Å². The lowest BCUT2D eigenvalue weighted by Crippen LogP contribution is -2.57. The van der Waals surface area contributed by atoms with E-state index in [1.165, 1.54) is 26.2 Å². The van der Waals surface area contributed by atoms with Gasteiger partial charge in [-0.15, -0.1) is 0 Å². The third kappa shape index (κ3) is 3.84. The lowest BCUT2D eigenvalue weighted by Gasteiger charge is -2.34. The van der Waals surface area contributed by atoms with Crippen molar-refractivity contribution >= 4 is 17.8 Å². The van der Waals surface area contributed by atoms with Crippen molar-refractivity contribution in [2.75, 3.05) is 34.4 Å². The zero-order valence-corrected chi connectivity index (χ0v) is 14.8. The van der Waals surface area contributed by atoms with Crippen LogP contribution in [0.1, 0.15) is 22.3 Å². The van der Waals surface area contributed by atoms with Gasteiger partial charge in [-0.3, -0.25) is 14.4 Å². The van der Waals surface area contributed by atoms with E-state index in [2.05, 4.69) is 10.1 Å². The van der Waals surface area contributed by atoms with Crippen LogP contribution in [0.2, 0.25) is 0 Å². The lowest BCUT2D eigenvalue weighted by molar-refractivity contribution is -0.145. The molecule has 1 aliphatic rings. The van der Waals surface area contributed by atoms with Gasteiger partial charge in [-0.05, 0) is 19.1 Å². The van der Waals surface area contributed by atoms with E-state index in [9.17, 15) is 14.4 Å². The van der Waals surface area contributed by atoms with Gasteiger partial charge in [-0.2, -0.15) is 0 Å². The van der Waals surface area contributed by atoms with Crippen LogP contribution >= 0.6 is 0 Å². The second-order valence-electron chi connectivity index (χ2n) is 5.59. The van der Waals surface area contributed by atoms with E-state index in [1.54, 1.807) is 12.1 Å². The molecule has 1 aromatic carbocycles. The summed E-state index contributed by atoms with van der Waals surface area (Å²) in [6.07, 6.45) is -0.200. The van der Waals surface area contributed by atoms with Gasteiger partial charge >= 0.3 is 5.97 Å². The molecule has 0 spiro atoms. The summed E-state index contributed by atoms with van der Waals surface area (Å²) in [5.74, 6) is -0.294. The fourth-order valence-electron chi connectivity index (χ4n) is 2.78. The van der Waals surface area contributed by atoms with Gasteiger partial charge in [-0.25, -0.2) is 0 Å². The summed E-state index contributed by atoms with van der Waals surface area (Å²) < 4.78 is 15.2. The minimum atomic E-state index is -0.910. The lowest BCUT2D eigenvalue weighted by atomic mass is 10.0. The van der Waals surface area contributed by atoms with E-state index < -0.39 is 12.0 Å². The molecular weight excluding hydrogens is 328 g/mol. The van der Waals surface area contributed by atoms with Crippen molar-refractivity contribution in [3.63, 3.8) is 0 Å². The van der Waals surface area contributed by atoms with Crippen LogP contribution in [-0.2, 0) is 14.3 Å². The van der Waals surface area contributed by atoms with E-state index in [0.717, 1.165) is 5.56 Å². The smallest absolute Gasteiger partial charge is 0.308 e. The third-order valence-corrected chi connectivity index (χ3v) is 4.18. The highest BCUT2D eigenvalue weighted by Gasteiger charge is 2.35. The highest BCUT2D eigenvalue weighted by Crippen LogP contribution is 2.30. The molecule has 0 radical (unpaired) electrons. The molecule has 1 fully saturated rings. The van der Waals surface area contributed by atoms with E-state index in [4.69, 9.17) is 9.47 Å². The third-order valence-electron chi connectivity index (χ3n) is 4.18. The van der Waals surface area contributed by atoms with Crippen LogP contribution in [0.15, 0.2) is 12.1 Å². The molecule has 1 aromatic rings. The maximum atomic E-state index is 13.0. The Hall–Kier alpha value is -2.77.